The fourth-order valence-electron chi connectivity index (χ4n) is 0.141. The molecule has 0 rings (SSSR count). The van der Waals surface area contributed by atoms with Crippen LogP contribution in [0.4, 0.5) is 0 Å². The summed E-state index contributed by atoms with van der Waals surface area (Å²) in [6, 6.07) is 0. The van der Waals surface area contributed by atoms with Gasteiger partial charge in [0.25, 0.3) is 0 Å². The highest BCUT2D eigenvalue weighted by Gasteiger charge is 1.58. The van der Waals surface area contributed by atoms with Crippen molar-refractivity contribution in [3.05, 3.63) is 0 Å². The highest BCUT2D eigenvalue weighted by atomic mass is 32.2. The van der Waals surface area contributed by atoms with Crippen molar-refractivity contribution < 1.29 is 0 Å². The van der Waals surface area contributed by atoms with Crippen LogP contribution in [0.15, 0.2) is 9.39 Å². The van der Waals surface area contributed by atoms with Crippen molar-refractivity contribution >= 4 is 24.5 Å². The second-order valence-corrected chi connectivity index (χ2v) is 1.39. The lowest BCUT2D eigenvalue weighted by Gasteiger charge is -1.71. The standard InChI is InChI=1S/C4H8N2S/c1-3-5-4-6-7-2/h3-4H,1-2H3. The molecule has 0 N–H and O–H groups in total. The van der Waals surface area contributed by atoms with Gasteiger partial charge in [-0.15, -0.1) is 0 Å². The molecule has 7 heavy (non-hydrogen) atoms. The molecule has 0 aliphatic carbocycles. The van der Waals surface area contributed by atoms with Crippen molar-refractivity contribution in [1.82, 2.24) is 0 Å². The molecule has 0 aromatic carbocycles. The quantitative estimate of drug-likeness (QED) is 0.304. The van der Waals surface area contributed by atoms with Crippen molar-refractivity contribution in [2.45, 2.75) is 6.92 Å². The van der Waals surface area contributed by atoms with E-state index in [-0.39, 0.29) is 0 Å². The molecule has 0 radical (unpaired) electrons. The summed E-state index contributed by atoms with van der Waals surface area (Å²) in [5, 5.41) is 0. The third kappa shape index (κ3) is 5.69. The summed E-state index contributed by atoms with van der Waals surface area (Å²) >= 11 is 1.40. The van der Waals surface area contributed by atoms with Crippen LogP contribution < -0.4 is 0 Å². The largest absolute Gasteiger partial charge is 0.249 e. The van der Waals surface area contributed by atoms with Crippen LogP contribution in [0.2, 0.25) is 0 Å². The SMILES string of the molecule is CC=NC=NSC. The Labute approximate surface area is 47.9 Å². The van der Waals surface area contributed by atoms with Gasteiger partial charge in [-0.1, -0.05) is 0 Å². The third-order valence-corrected chi connectivity index (χ3v) is 0.673. The molecule has 0 aliphatic rings. The minimum Gasteiger partial charge on any atom is -0.249 e. The van der Waals surface area contributed by atoms with Crippen molar-refractivity contribution in [1.29, 1.82) is 0 Å². The molecule has 0 saturated heterocycles. The molecule has 0 amide bonds. The minimum atomic E-state index is 1.40. The average molecular weight is 116 g/mol. The van der Waals surface area contributed by atoms with E-state index >= 15 is 0 Å². The van der Waals surface area contributed by atoms with Crippen LogP contribution in [0.5, 0.6) is 0 Å². The molecular formula is C4H8N2S. The van der Waals surface area contributed by atoms with Crippen LogP contribution in [0, 0.1) is 0 Å². The van der Waals surface area contributed by atoms with Crippen molar-refractivity contribution in [2.24, 2.45) is 9.39 Å². The first-order valence-corrected chi connectivity index (χ1v) is 3.12. The predicted molar refractivity (Wildman–Crippen MR) is 36.2 cm³/mol. The molecule has 2 nitrogen and oxygen atoms in total. The molecule has 0 unspecified atom stereocenters. The van der Waals surface area contributed by atoms with Crippen molar-refractivity contribution in [3.63, 3.8) is 0 Å². The topological polar surface area (TPSA) is 24.7 Å². The van der Waals surface area contributed by atoms with E-state index in [0.29, 0.717) is 0 Å². The van der Waals surface area contributed by atoms with Crippen LogP contribution in [0.25, 0.3) is 0 Å². The third-order valence-electron chi connectivity index (χ3n) is 0.368. The molecule has 40 valence electrons. The molecule has 0 heterocycles. The fraction of sp³-hybridized carbons (Fsp3) is 0.500. The maximum absolute atomic E-state index is 3.76. The van der Waals surface area contributed by atoms with Gasteiger partial charge in [0.2, 0.25) is 0 Å². The number of rotatable bonds is 2. The summed E-state index contributed by atoms with van der Waals surface area (Å²) in [5.41, 5.74) is 0. The monoisotopic (exact) mass is 116 g/mol. The van der Waals surface area contributed by atoms with Gasteiger partial charge >= 0.3 is 0 Å². The van der Waals surface area contributed by atoms with Gasteiger partial charge in [0.05, 0.1) is 0 Å². The van der Waals surface area contributed by atoms with E-state index in [0.717, 1.165) is 0 Å². The lowest BCUT2D eigenvalue weighted by molar-refractivity contribution is 1.73. The van der Waals surface area contributed by atoms with Crippen LogP contribution in [-0.2, 0) is 0 Å². The number of hydrogen-bond acceptors (Lipinski definition) is 2. The summed E-state index contributed by atoms with van der Waals surface area (Å²) in [7, 11) is 0. The molecule has 0 atom stereocenters. The maximum atomic E-state index is 3.76. The smallest absolute Gasteiger partial charge is 0.123 e. The van der Waals surface area contributed by atoms with Crippen LogP contribution in [0.3, 0.4) is 0 Å². The molecule has 0 bridgehead atoms. The highest BCUT2D eigenvalue weighted by molar-refractivity contribution is 7.97. The molecule has 0 aromatic heterocycles. The Morgan fingerprint density at radius 3 is 2.71 bits per heavy atom. The van der Waals surface area contributed by atoms with Gasteiger partial charge in [0.1, 0.15) is 6.34 Å². The zero-order valence-electron chi connectivity index (χ0n) is 4.46. The summed E-state index contributed by atoms with van der Waals surface area (Å²) < 4.78 is 3.76. The normalized spacial score (nSPS) is 11.7. The highest BCUT2D eigenvalue weighted by Crippen LogP contribution is 1.88. The summed E-state index contributed by atoms with van der Waals surface area (Å²) in [6.07, 6.45) is 5.10. The first-order chi connectivity index (χ1) is 3.41. The Hall–Kier alpha value is -0.310. The molecule has 0 spiro atoms. The molecule has 3 heteroatoms. The number of hydrogen-bond donors (Lipinski definition) is 0. The Morgan fingerprint density at radius 1 is 1.57 bits per heavy atom. The summed E-state index contributed by atoms with van der Waals surface area (Å²) in [5.74, 6) is 0. The zero-order valence-corrected chi connectivity index (χ0v) is 5.27. The molecule has 0 saturated carbocycles. The first-order valence-electron chi connectivity index (χ1n) is 1.94. The van der Waals surface area contributed by atoms with Crippen LogP contribution in [-0.4, -0.2) is 18.8 Å². The van der Waals surface area contributed by atoms with Crippen LogP contribution >= 0.6 is 11.9 Å². The van der Waals surface area contributed by atoms with E-state index in [2.05, 4.69) is 9.39 Å². The number of aliphatic imine (C=N–C) groups is 1. The van der Waals surface area contributed by atoms with E-state index < -0.39 is 0 Å². The summed E-state index contributed by atoms with van der Waals surface area (Å²) in [4.78, 5) is 3.72. The molecule has 0 fully saturated rings. The van der Waals surface area contributed by atoms with Crippen molar-refractivity contribution in [2.75, 3.05) is 6.26 Å². The zero-order chi connectivity index (χ0) is 5.54. The van der Waals surface area contributed by atoms with Gasteiger partial charge in [-0.2, -0.15) is 0 Å². The Kier molecular flexibility index (Phi) is 5.44. The lowest BCUT2D eigenvalue weighted by Crippen LogP contribution is -1.60. The Morgan fingerprint density at radius 2 is 2.29 bits per heavy atom. The van der Waals surface area contributed by atoms with Crippen LogP contribution in [0.1, 0.15) is 6.92 Å². The predicted octanol–water partition coefficient (Wildman–Crippen LogP) is 1.38. The second-order valence-electron chi connectivity index (χ2n) is 0.811. The van der Waals surface area contributed by atoms with Gasteiger partial charge in [-0.3, -0.25) is 0 Å². The second kappa shape index (κ2) is 5.69. The minimum absolute atomic E-state index is 1.40. The number of nitrogens with zero attached hydrogens (tertiary/aromatic N) is 2. The van der Waals surface area contributed by atoms with E-state index in [4.69, 9.17) is 0 Å². The van der Waals surface area contributed by atoms with Crippen molar-refractivity contribution in [3.8, 4) is 0 Å². The van der Waals surface area contributed by atoms with E-state index in [1.54, 1.807) is 6.21 Å². The molecule has 0 aliphatic heterocycles. The van der Waals surface area contributed by atoms with Gasteiger partial charge in [0, 0.05) is 12.5 Å². The average Bonchev–Trinajstić information content (AvgIpc) is 1.69. The summed E-state index contributed by atoms with van der Waals surface area (Å²) in [6.45, 7) is 1.85. The van der Waals surface area contributed by atoms with Gasteiger partial charge in [0.15, 0.2) is 0 Å². The van der Waals surface area contributed by atoms with Gasteiger partial charge < -0.3 is 0 Å². The lowest BCUT2D eigenvalue weighted by atomic mass is 10.9. The molecular weight excluding hydrogens is 108 g/mol. The van der Waals surface area contributed by atoms with E-state index in [1.165, 1.54) is 18.3 Å². The van der Waals surface area contributed by atoms with Gasteiger partial charge in [-0.05, 0) is 18.9 Å². The van der Waals surface area contributed by atoms with E-state index in [1.807, 2.05) is 13.2 Å². The Balaban J connectivity index is 3.09. The Bertz CT molecular complexity index is 77.8. The fourth-order valence-corrected chi connectivity index (χ4v) is 0.290. The molecule has 0 aromatic rings. The van der Waals surface area contributed by atoms with Gasteiger partial charge in [-0.25, -0.2) is 9.39 Å². The van der Waals surface area contributed by atoms with E-state index in [9.17, 15) is 0 Å². The maximum Gasteiger partial charge on any atom is 0.123 e. The first kappa shape index (κ1) is 6.69.